The SMILES string of the molecule is C=C(C)CCNc1ncnc2c1ncn2[C@]1(CC=CSC)O[C@H](CO)[C@@H](O)[C@H]1O. The summed E-state index contributed by atoms with van der Waals surface area (Å²) >= 11 is 1.51. The first-order valence-corrected chi connectivity index (χ1v) is 10.6. The van der Waals surface area contributed by atoms with Crippen molar-refractivity contribution >= 4 is 28.7 Å². The lowest BCUT2D eigenvalue weighted by Crippen LogP contribution is -2.45. The molecule has 0 aromatic carbocycles. The Balaban J connectivity index is 2.02. The summed E-state index contributed by atoms with van der Waals surface area (Å²) in [6, 6.07) is 0. The normalized spacial score (nSPS) is 27.1. The maximum Gasteiger partial charge on any atom is 0.180 e. The maximum absolute atomic E-state index is 10.9. The summed E-state index contributed by atoms with van der Waals surface area (Å²) in [5.41, 5.74) is 0.691. The van der Waals surface area contributed by atoms with E-state index >= 15 is 0 Å². The van der Waals surface area contributed by atoms with Crippen molar-refractivity contribution in [3.8, 4) is 0 Å². The van der Waals surface area contributed by atoms with Gasteiger partial charge in [0.25, 0.3) is 0 Å². The number of ether oxygens (including phenoxy) is 1. The molecule has 3 heterocycles. The molecule has 0 bridgehead atoms. The van der Waals surface area contributed by atoms with Gasteiger partial charge in [-0.15, -0.1) is 18.3 Å². The molecule has 1 saturated heterocycles. The van der Waals surface area contributed by atoms with E-state index in [0.29, 0.717) is 23.5 Å². The van der Waals surface area contributed by atoms with Crippen LogP contribution in [0.4, 0.5) is 5.82 Å². The minimum absolute atomic E-state index is 0.260. The number of nitrogens with one attached hydrogen (secondary N) is 1. The summed E-state index contributed by atoms with van der Waals surface area (Å²) in [4.78, 5) is 13.0. The summed E-state index contributed by atoms with van der Waals surface area (Å²) in [5, 5.41) is 35.9. The third-order valence-corrected chi connectivity index (χ3v) is 5.39. The van der Waals surface area contributed by atoms with E-state index in [0.717, 1.165) is 12.0 Å². The Bertz CT molecular complexity index is 889. The largest absolute Gasteiger partial charge is 0.394 e. The summed E-state index contributed by atoms with van der Waals surface area (Å²) in [5.74, 6) is 0.566. The lowest BCUT2D eigenvalue weighted by Gasteiger charge is -2.32. The monoisotopic (exact) mass is 421 g/mol. The summed E-state index contributed by atoms with van der Waals surface area (Å²) in [6.45, 7) is 6.09. The molecule has 2 aromatic rings. The number of hydrogen-bond acceptors (Lipinski definition) is 9. The van der Waals surface area contributed by atoms with Gasteiger partial charge >= 0.3 is 0 Å². The summed E-state index contributed by atoms with van der Waals surface area (Å²) in [6.07, 6.45) is 4.32. The highest BCUT2D eigenvalue weighted by molar-refractivity contribution is 8.01. The highest BCUT2D eigenvalue weighted by Gasteiger charge is 2.55. The van der Waals surface area contributed by atoms with Crippen LogP contribution in [-0.4, -0.2) is 72.6 Å². The number of imidazole rings is 1. The lowest BCUT2D eigenvalue weighted by atomic mass is 9.99. The molecule has 2 aromatic heterocycles. The Hall–Kier alpha value is -1.98. The van der Waals surface area contributed by atoms with Gasteiger partial charge in [-0.1, -0.05) is 11.6 Å². The molecule has 0 amide bonds. The Morgan fingerprint density at radius 1 is 1.41 bits per heavy atom. The van der Waals surface area contributed by atoms with Gasteiger partial charge in [0.1, 0.15) is 24.6 Å². The molecule has 1 aliphatic rings. The van der Waals surface area contributed by atoms with Gasteiger partial charge in [-0.3, -0.25) is 4.57 Å². The number of fused-ring (bicyclic) bond motifs is 1. The maximum atomic E-state index is 10.9. The van der Waals surface area contributed by atoms with Gasteiger partial charge in [-0.05, 0) is 25.0 Å². The average molecular weight is 422 g/mol. The highest BCUT2D eigenvalue weighted by atomic mass is 32.2. The Labute approximate surface area is 173 Å². The Morgan fingerprint density at radius 2 is 2.21 bits per heavy atom. The smallest absolute Gasteiger partial charge is 0.180 e. The first-order valence-electron chi connectivity index (χ1n) is 9.34. The zero-order chi connectivity index (χ0) is 21.0. The number of aromatic nitrogens is 4. The van der Waals surface area contributed by atoms with Crippen LogP contribution in [0.5, 0.6) is 0 Å². The van der Waals surface area contributed by atoms with Gasteiger partial charge in [0.15, 0.2) is 22.7 Å². The molecule has 1 fully saturated rings. The fourth-order valence-corrected chi connectivity index (χ4v) is 3.72. The molecule has 0 aliphatic carbocycles. The standard InChI is InChI=1S/C19H27N5O4S/c1-12(2)5-7-20-17-14-18(22-10-21-17)24(11-23-14)19(6-4-8-29-3)16(27)15(26)13(9-25)28-19/h4,8,10-11,13,15-16,25-27H,1,5-7,9H2,2-3H3,(H,20,21,22)/t13-,15-,16-,19-/m1/s1. The third kappa shape index (κ3) is 4.17. The zero-order valence-corrected chi connectivity index (χ0v) is 17.3. The van der Waals surface area contributed by atoms with Gasteiger partial charge in [-0.25, -0.2) is 15.0 Å². The Morgan fingerprint density at radius 3 is 2.86 bits per heavy atom. The number of anilines is 1. The van der Waals surface area contributed by atoms with Crippen LogP contribution in [0.3, 0.4) is 0 Å². The van der Waals surface area contributed by atoms with Crippen LogP contribution in [0, 0.1) is 0 Å². The molecule has 0 unspecified atom stereocenters. The molecule has 0 spiro atoms. The second-order valence-corrected chi connectivity index (χ2v) is 7.82. The molecule has 0 radical (unpaired) electrons. The molecule has 1 aliphatic heterocycles. The van der Waals surface area contributed by atoms with Crippen molar-refractivity contribution in [3.05, 3.63) is 36.3 Å². The average Bonchev–Trinajstić information content (AvgIpc) is 3.24. The molecule has 3 rings (SSSR count). The van der Waals surface area contributed by atoms with E-state index in [-0.39, 0.29) is 6.42 Å². The van der Waals surface area contributed by atoms with Crippen LogP contribution in [0.2, 0.25) is 0 Å². The molecular weight excluding hydrogens is 394 g/mol. The van der Waals surface area contributed by atoms with Crippen molar-refractivity contribution in [2.24, 2.45) is 0 Å². The quantitative estimate of drug-likeness (QED) is 0.442. The van der Waals surface area contributed by atoms with Crippen molar-refractivity contribution in [2.75, 3.05) is 24.7 Å². The second kappa shape index (κ2) is 9.23. The van der Waals surface area contributed by atoms with E-state index < -0.39 is 30.6 Å². The topological polar surface area (TPSA) is 126 Å². The minimum atomic E-state index is -1.35. The van der Waals surface area contributed by atoms with E-state index in [9.17, 15) is 15.3 Å². The lowest BCUT2D eigenvalue weighted by molar-refractivity contribution is -0.143. The number of thioether (sulfide) groups is 1. The van der Waals surface area contributed by atoms with E-state index in [1.807, 2.05) is 24.7 Å². The molecular formula is C19H27N5O4S. The zero-order valence-electron chi connectivity index (χ0n) is 16.5. The van der Waals surface area contributed by atoms with Crippen LogP contribution in [0.25, 0.3) is 11.2 Å². The molecule has 9 nitrogen and oxygen atoms in total. The third-order valence-electron chi connectivity index (χ3n) is 4.93. The van der Waals surface area contributed by atoms with E-state index in [4.69, 9.17) is 4.74 Å². The van der Waals surface area contributed by atoms with Crippen molar-refractivity contribution in [1.82, 2.24) is 19.5 Å². The number of hydrogen-bond donors (Lipinski definition) is 4. The van der Waals surface area contributed by atoms with E-state index in [1.54, 1.807) is 4.57 Å². The highest BCUT2D eigenvalue weighted by Crippen LogP contribution is 2.40. The van der Waals surface area contributed by atoms with E-state index in [2.05, 4.69) is 26.8 Å². The van der Waals surface area contributed by atoms with Crippen molar-refractivity contribution in [3.63, 3.8) is 0 Å². The van der Waals surface area contributed by atoms with Crippen LogP contribution in [0.15, 0.2) is 36.3 Å². The van der Waals surface area contributed by atoms with Crippen LogP contribution < -0.4 is 5.32 Å². The number of aliphatic hydroxyl groups excluding tert-OH is 3. The predicted molar refractivity (Wildman–Crippen MR) is 112 cm³/mol. The molecule has 4 atom stereocenters. The molecule has 29 heavy (non-hydrogen) atoms. The van der Waals surface area contributed by atoms with Gasteiger partial charge in [0.2, 0.25) is 0 Å². The van der Waals surface area contributed by atoms with Gasteiger partial charge in [-0.2, -0.15) is 0 Å². The molecule has 4 N–H and O–H groups in total. The van der Waals surface area contributed by atoms with Gasteiger partial charge in [0.05, 0.1) is 12.9 Å². The number of rotatable bonds is 9. The Kier molecular flexibility index (Phi) is 6.91. The first kappa shape index (κ1) is 21.7. The fourth-order valence-electron chi connectivity index (χ4n) is 3.43. The molecule has 10 heteroatoms. The number of nitrogens with zero attached hydrogens (tertiary/aromatic N) is 4. The van der Waals surface area contributed by atoms with Crippen LogP contribution >= 0.6 is 11.8 Å². The van der Waals surface area contributed by atoms with Gasteiger partial charge < -0.3 is 25.4 Å². The first-order chi connectivity index (χ1) is 13.9. The van der Waals surface area contributed by atoms with Crippen LogP contribution in [-0.2, 0) is 10.5 Å². The summed E-state index contributed by atoms with van der Waals surface area (Å²) < 4.78 is 7.61. The second-order valence-electron chi connectivity index (χ2n) is 7.07. The summed E-state index contributed by atoms with van der Waals surface area (Å²) in [7, 11) is 0. The van der Waals surface area contributed by atoms with Crippen molar-refractivity contribution in [2.45, 2.75) is 43.8 Å². The minimum Gasteiger partial charge on any atom is -0.394 e. The molecule has 158 valence electrons. The van der Waals surface area contributed by atoms with Crippen LogP contribution in [0.1, 0.15) is 19.8 Å². The number of aliphatic hydroxyl groups is 3. The van der Waals surface area contributed by atoms with Gasteiger partial charge in [0, 0.05) is 13.0 Å². The van der Waals surface area contributed by atoms with Crippen molar-refractivity contribution < 1.29 is 20.1 Å². The van der Waals surface area contributed by atoms with Crippen molar-refractivity contribution in [1.29, 1.82) is 0 Å². The predicted octanol–water partition coefficient (Wildman–Crippen LogP) is 1.24. The fraction of sp³-hybridized carbons (Fsp3) is 0.526. The molecule has 0 saturated carbocycles. The van der Waals surface area contributed by atoms with E-state index in [1.165, 1.54) is 24.4 Å².